The molecule has 0 spiro atoms. The molecule has 6 nitrogen and oxygen atoms in total. The third-order valence-electron chi connectivity index (χ3n) is 3.83. The van der Waals surface area contributed by atoms with Crippen molar-refractivity contribution in [3.8, 4) is 10.8 Å². The van der Waals surface area contributed by atoms with Crippen molar-refractivity contribution in [1.29, 1.82) is 0 Å². The molecule has 0 saturated carbocycles. The van der Waals surface area contributed by atoms with Gasteiger partial charge >= 0.3 is 0 Å². The van der Waals surface area contributed by atoms with Crippen LogP contribution in [0.25, 0.3) is 10.8 Å². The minimum Gasteiger partial charge on any atom is -0.334 e. The van der Waals surface area contributed by atoms with Gasteiger partial charge in [0.15, 0.2) is 10.8 Å². The monoisotopic (exact) mass is 317 g/mol. The molecule has 3 heterocycles. The number of carbonyl (C=O) groups is 1. The van der Waals surface area contributed by atoms with Gasteiger partial charge in [-0.1, -0.05) is 0 Å². The van der Waals surface area contributed by atoms with Crippen LogP contribution in [0, 0.1) is 6.92 Å². The van der Waals surface area contributed by atoms with Crippen molar-refractivity contribution in [2.45, 2.75) is 25.8 Å². The summed E-state index contributed by atoms with van der Waals surface area (Å²) in [7, 11) is 1.92. The topological polar surface area (TPSA) is 71.0 Å². The Morgan fingerprint density at radius 3 is 2.95 bits per heavy atom. The van der Waals surface area contributed by atoms with Gasteiger partial charge < -0.3 is 10.2 Å². The van der Waals surface area contributed by atoms with Crippen molar-refractivity contribution in [1.82, 2.24) is 25.2 Å². The van der Waals surface area contributed by atoms with Crippen LogP contribution in [0.4, 0.5) is 0 Å². The molecular weight excluding hydrogens is 298 g/mol. The third-order valence-corrected chi connectivity index (χ3v) is 4.97. The van der Waals surface area contributed by atoms with Gasteiger partial charge in [0.2, 0.25) is 0 Å². The van der Waals surface area contributed by atoms with Gasteiger partial charge in [-0.05, 0) is 32.9 Å². The predicted molar refractivity (Wildman–Crippen MR) is 85.9 cm³/mol. The first-order valence-corrected chi connectivity index (χ1v) is 8.22. The minimum atomic E-state index is 0.0786. The quantitative estimate of drug-likeness (QED) is 0.930. The van der Waals surface area contributed by atoms with Gasteiger partial charge in [-0.15, -0.1) is 11.3 Å². The van der Waals surface area contributed by atoms with Crippen molar-refractivity contribution in [2.75, 3.05) is 20.1 Å². The summed E-state index contributed by atoms with van der Waals surface area (Å²) in [6.45, 7) is 3.53. The summed E-state index contributed by atoms with van der Waals surface area (Å²) in [6.07, 6.45) is 5.48. The summed E-state index contributed by atoms with van der Waals surface area (Å²) in [5.74, 6) is 0.651. The summed E-state index contributed by atoms with van der Waals surface area (Å²) < 4.78 is 0. The van der Waals surface area contributed by atoms with E-state index in [-0.39, 0.29) is 11.9 Å². The SMILES string of the molecule is CNCC1CCCN1C(=O)c1sc(-c2ncccn2)nc1C. The van der Waals surface area contributed by atoms with Gasteiger partial charge in [-0.25, -0.2) is 15.0 Å². The minimum absolute atomic E-state index is 0.0786. The molecule has 2 aromatic heterocycles. The summed E-state index contributed by atoms with van der Waals surface area (Å²) in [5.41, 5.74) is 0.757. The van der Waals surface area contributed by atoms with E-state index in [9.17, 15) is 4.79 Å². The van der Waals surface area contributed by atoms with E-state index in [1.165, 1.54) is 11.3 Å². The van der Waals surface area contributed by atoms with Crippen LogP contribution < -0.4 is 5.32 Å². The molecular formula is C15H19N5OS. The highest BCUT2D eigenvalue weighted by molar-refractivity contribution is 7.17. The maximum absolute atomic E-state index is 12.8. The van der Waals surface area contributed by atoms with Crippen LogP contribution in [-0.2, 0) is 0 Å². The molecule has 1 atom stereocenters. The Labute approximate surface area is 133 Å². The molecule has 1 amide bonds. The molecule has 0 aliphatic carbocycles. The van der Waals surface area contributed by atoms with Crippen molar-refractivity contribution >= 4 is 17.2 Å². The van der Waals surface area contributed by atoms with Crippen molar-refractivity contribution in [3.05, 3.63) is 29.0 Å². The van der Waals surface area contributed by atoms with Crippen LogP contribution in [0.2, 0.25) is 0 Å². The molecule has 0 bridgehead atoms. The second-order valence-corrected chi connectivity index (χ2v) is 6.36. The molecule has 0 aromatic carbocycles. The molecule has 1 aliphatic heterocycles. The average molecular weight is 317 g/mol. The molecule has 3 rings (SSSR count). The molecule has 22 heavy (non-hydrogen) atoms. The Morgan fingerprint density at radius 1 is 1.45 bits per heavy atom. The standard InChI is InChI=1S/C15H19N5OS/c1-10-12(15(21)20-8-3-5-11(20)9-16-2)22-14(19-10)13-17-6-4-7-18-13/h4,6-7,11,16H,3,5,8-9H2,1-2H3. The number of aryl methyl sites for hydroxylation is 1. The number of carbonyl (C=O) groups excluding carboxylic acids is 1. The lowest BCUT2D eigenvalue weighted by atomic mass is 10.2. The number of rotatable bonds is 4. The largest absolute Gasteiger partial charge is 0.334 e. The van der Waals surface area contributed by atoms with Gasteiger partial charge in [-0.2, -0.15) is 0 Å². The molecule has 1 fully saturated rings. The lowest BCUT2D eigenvalue weighted by molar-refractivity contribution is 0.0741. The van der Waals surface area contributed by atoms with E-state index in [1.807, 2.05) is 18.9 Å². The number of thiazole rings is 1. The molecule has 0 radical (unpaired) electrons. The molecule has 2 aromatic rings. The van der Waals surface area contributed by atoms with Crippen LogP contribution in [0.3, 0.4) is 0 Å². The molecule has 7 heteroatoms. The van der Waals surface area contributed by atoms with Gasteiger partial charge in [0.25, 0.3) is 5.91 Å². The molecule has 1 N–H and O–H groups in total. The van der Waals surface area contributed by atoms with Crippen LogP contribution in [0.5, 0.6) is 0 Å². The second kappa shape index (κ2) is 6.50. The third kappa shape index (κ3) is 2.86. The summed E-state index contributed by atoms with van der Waals surface area (Å²) in [5, 5.41) is 3.87. The van der Waals surface area contributed by atoms with Crippen molar-refractivity contribution in [3.63, 3.8) is 0 Å². The number of amides is 1. The summed E-state index contributed by atoms with van der Waals surface area (Å²) >= 11 is 1.38. The Balaban J connectivity index is 1.86. The van der Waals surface area contributed by atoms with Gasteiger partial charge in [0.1, 0.15) is 4.88 Å². The number of likely N-dealkylation sites (N-methyl/N-ethyl adjacent to an activating group) is 1. The van der Waals surface area contributed by atoms with E-state index in [0.29, 0.717) is 15.7 Å². The molecule has 116 valence electrons. The van der Waals surface area contributed by atoms with Gasteiger partial charge in [0, 0.05) is 31.5 Å². The molecule has 1 aliphatic rings. The maximum atomic E-state index is 12.8. The fourth-order valence-electron chi connectivity index (χ4n) is 2.78. The highest BCUT2D eigenvalue weighted by atomic mass is 32.1. The van der Waals surface area contributed by atoms with Crippen molar-refractivity contribution < 1.29 is 4.79 Å². The Hall–Kier alpha value is -1.86. The number of hydrogen-bond donors (Lipinski definition) is 1. The number of hydrogen-bond acceptors (Lipinski definition) is 6. The summed E-state index contributed by atoms with van der Waals surface area (Å²) in [4.78, 5) is 28.4. The van der Waals surface area contributed by atoms with E-state index >= 15 is 0 Å². The van der Waals surface area contributed by atoms with E-state index in [4.69, 9.17) is 0 Å². The maximum Gasteiger partial charge on any atom is 0.266 e. The van der Waals surface area contributed by atoms with Crippen LogP contribution in [0.1, 0.15) is 28.2 Å². The van der Waals surface area contributed by atoms with Crippen molar-refractivity contribution in [2.24, 2.45) is 0 Å². The van der Waals surface area contributed by atoms with E-state index in [2.05, 4.69) is 20.3 Å². The number of aromatic nitrogens is 3. The first kappa shape index (κ1) is 15.1. The van der Waals surface area contributed by atoms with Crippen LogP contribution in [-0.4, -0.2) is 51.9 Å². The first-order valence-electron chi connectivity index (χ1n) is 7.41. The average Bonchev–Trinajstić information content (AvgIpc) is 3.15. The lowest BCUT2D eigenvalue weighted by Gasteiger charge is -2.24. The van der Waals surface area contributed by atoms with Crippen LogP contribution in [0.15, 0.2) is 18.5 Å². The molecule has 1 unspecified atom stereocenters. The van der Waals surface area contributed by atoms with Crippen LogP contribution >= 0.6 is 11.3 Å². The zero-order chi connectivity index (χ0) is 15.5. The second-order valence-electron chi connectivity index (χ2n) is 5.36. The molecule has 1 saturated heterocycles. The Morgan fingerprint density at radius 2 is 2.23 bits per heavy atom. The van der Waals surface area contributed by atoms with E-state index in [0.717, 1.165) is 31.6 Å². The van der Waals surface area contributed by atoms with E-state index < -0.39 is 0 Å². The normalized spacial score (nSPS) is 17.9. The highest BCUT2D eigenvalue weighted by Gasteiger charge is 2.31. The smallest absolute Gasteiger partial charge is 0.266 e. The highest BCUT2D eigenvalue weighted by Crippen LogP contribution is 2.28. The van der Waals surface area contributed by atoms with E-state index in [1.54, 1.807) is 18.5 Å². The summed E-state index contributed by atoms with van der Waals surface area (Å²) in [6, 6.07) is 2.04. The first-order chi connectivity index (χ1) is 10.7. The fraction of sp³-hybridized carbons (Fsp3) is 0.467. The number of nitrogens with zero attached hydrogens (tertiary/aromatic N) is 4. The zero-order valence-electron chi connectivity index (χ0n) is 12.7. The Bertz CT molecular complexity index is 657. The lowest BCUT2D eigenvalue weighted by Crippen LogP contribution is -2.40. The fourth-order valence-corrected chi connectivity index (χ4v) is 3.75. The number of nitrogens with one attached hydrogen (secondary N) is 1. The van der Waals surface area contributed by atoms with Gasteiger partial charge in [0.05, 0.1) is 5.69 Å². The van der Waals surface area contributed by atoms with Gasteiger partial charge in [-0.3, -0.25) is 4.79 Å². The zero-order valence-corrected chi connectivity index (χ0v) is 13.6. The number of likely N-dealkylation sites (tertiary alicyclic amines) is 1. The predicted octanol–water partition coefficient (Wildman–Crippen LogP) is 1.73. The Kier molecular flexibility index (Phi) is 4.44.